The van der Waals surface area contributed by atoms with E-state index >= 15 is 0 Å². The molecular formula is C19H16N2O2. The number of imide groups is 1. The number of hydrogen-bond donors (Lipinski definition) is 0. The molecule has 1 aromatic rings. The Hall–Kier alpha value is -2.41. The van der Waals surface area contributed by atoms with Crippen LogP contribution in [0.25, 0.3) is 0 Å². The van der Waals surface area contributed by atoms with E-state index in [1.54, 1.807) is 12.1 Å². The van der Waals surface area contributed by atoms with Crippen LogP contribution in [-0.4, -0.2) is 16.7 Å². The molecule has 4 atom stereocenters. The van der Waals surface area contributed by atoms with E-state index in [9.17, 15) is 14.9 Å². The van der Waals surface area contributed by atoms with Crippen molar-refractivity contribution in [2.24, 2.45) is 29.1 Å². The van der Waals surface area contributed by atoms with Crippen LogP contribution in [0.5, 0.6) is 0 Å². The van der Waals surface area contributed by atoms with Gasteiger partial charge in [-0.05, 0) is 41.7 Å². The third-order valence-electron chi connectivity index (χ3n) is 6.41. The van der Waals surface area contributed by atoms with Gasteiger partial charge in [-0.25, -0.2) is 0 Å². The molecule has 1 spiro atoms. The lowest BCUT2D eigenvalue weighted by atomic mass is 9.85. The van der Waals surface area contributed by atoms with Crippen molar-refractivity contribution >= 4 is 11.8 Å². The SMILES string of the molecule is N#Cc1ccccc1CN1C(=O)[C@H]2[C@H](C1=O)[C@H]1C=C[C@H]2C12CC2. The monoisotopic (exact) mass is 304 g/mol. The summed E-state index contributed by atoms with van der Waals surface area (Å²) < 4.78 is 0. The van der Waals surface area contributed by atoms with Crippen LogP contribution in [0.2, 0.25) is 0 Å². The molecule has 5 rings (SSSR count). The molecule has 0 unspecified atom stereocenters. The fourth-order valence-electron chi connectivity index (χ4n) is 5.23. The zero-order valence-corrected chi connectivity index (χ0v) is 12.6. The molecule has 114 valence electrons. The fraction of sp³-hybridized carbons (Fsp3) is 0.421. The van der Waals surface area contributed by atoms with Gasteiger partial charge in [0.05, 0.1) is 30.0 Å². The molecule has 2 bridgehead atoms. The summed E-state index contributed by atoms with van der Waals surface area (Å²) >= 11 is 0. The second-order valence-corrected chi connectivity index (χ2v) is 7.25. The summed E-state index contributed by atoms with van der Waals surface area (Å²) in [5.41, 5.74) is 1.51. The number of fused-ring (bicyclic) bond motifs is 3. The van der Waals surface area contributed by atoms with Crippen LogP contribution >= 0.6 is 0 Å². The number of likely N-dealkylation sites (tertiary alicyclic amines) is 1. The van der Waals surface area contributed by atoms with Crippen LogP contribution in [0, 0.1) is 40.4 Å². The minimum absolute atomic E-state index is 0.0316. The van der Waals surface area contributed by atoms with Gasteiger partial charge in [0.15, 0.2) is 0 Å². The van der Waals surface area contributed by atoms with E-state index < -0.39 is 0 Å². The van der Waals surface area contributed by atoms with E-state index in [2.05, 4.69) is 18.2 Å². The van der Waals surface area contributed by atoms with E-state index in [-0.39, 0.29) is 47.4 Å². The second-order valence-electron chi connectivity index (χ2n) is 7.25. The molecule has 1 aliphatic heterocycles. The molecule has 1 saturated heterocycles. The minimum atomic E-state index is -0.158. The first-order valence-electron chi connectivity index (χ1n) is 8.19. The summed E-state index contributed by atoms with van der Waals surface area (Å²) in [4.78, 5) is 27.2. The van der Waals surface area contributed by atoms with Crippen molar-refractivity contribution < 1.29 is 9.59 Å². The number of allylic oxidation sites excluding steroid dienone is 2. The Morgan fingerprint density at radius 2 is 1.70 bits per heavy atom. The van der Waals surface area contributed by atoms with Crippen molar-refractivity contribution in [3.63, 3.8) is 0 Å². The first-order valence-corrected chi connectivity index (χ1v) is 8.19. The third-order valence-corrected chi connectivity index (χ3v) is 6.41. The van der Waals surface area contributed by atoms with Crippen molar-refractivity contribution in [3.8, 4) is 6.07 Å². The van der Waals surface area contributed by atoms with Gasteiger partial charge in [0.2, 0.25) is 11.8 Å². The maximum absolute atomic E-state index is 12.9. The third kappa shape index (κ3) is 1.45. The first-order chi connectivity index (χ1) is 11.2. The number of nitriles is 1. The van der Waals surface area contributed by atoms with Crippen molar-refractivity contribution in [1.82, 2.24) is 4.90 Å². The summed E-state index contributed by atoms with van der Waals surface area (Å²) in [6.45, 7) is 0.223. The molecule has 0 radical (unpaired) electrons. The normalized spacial score (nSPS) is 35.0. The fourth-order valence-corrected chi connectivity index (χ4v) is 5.23. The maximum Gasteiger partial charge on any atom is 0.234 e. The highest BCUT2D eigenvalue weighted by Gasteiger charge is 2.73. The molecule has 0 N–H and O–H groups in total. The quantitative estimate of drug-likeness (QED) is 0.622. The molecule has 4 aliphatic rings. The minimum Gasteiger partial charge on any atom is -0.278 e. The molecule has 4 heteroatoms. The number of hydrogen-bond acceptors (Lipinski definition) is 3. The Bertz CT molecular complexity index is 781. The molecule has 23 heavy (non-hydrogen) atoms. The number of carbonyl (C=O) groups is 2. The Morgan fingerprint density at radius 3 is 2.26 bits per heavy atom. The van der Waals surface area contributed by atoms with Crippen LogP contribution in [0.4, 0.5) is 0 Å². The maximum atomic E-state index is 12.9. The molecule has 2 saturated carbocycles. The summed E-state index contributed by atoms with van der Waals surface area (Å²) in [5, 5.41) is 9.21. The molecule has 0 aromatic heterocycles. The molecule has 1 heterocycles. The zero-order chi connectivity index (χ0) is 15.8. The largest absolute Gasteiger partial charge is 0.278 e. The summed E-state index contributed by atoms with van der Waals surface area (Å²) in [6.07, 6.45) is 6.66. The highest BCUT2D eigenvalue weighted by Crippen LogP contribution is 2.73. The van der Waals surface area contributed by atoms with Crippen LogP contribution in [0.3, 0.4) is 0 Å². The Labute approximate surface area is 134 Å². The van der Waals surface area contributed by atoms with Crippen LogP contribution < -0.4 is 0 Å². The van der Waals surface area contributed by atoms with Crippen LogP contribution in [-0.2, 0) is 16.1 Å². The molecule has 1 aromatic carbocycles. The van der Waals surface area contributed by atoms with Crippen LogP contribution in [0.1, 0.15) is 24.0 Å². The average molecular weight is 304 g/mol. The van der Waals surface area contributed by atoms with Gasteiger partial charge in [0.1, 0.15) is 0 Å². The van der Waals surface area contributed by atoms with Gasteiger partial charge in [-0.1, -0.05) is 30.4 Å². The lowest BCUT2D eigenvalue weighted by Crippen LogP contribution is -2.34. The summed E-state index contributed by atoms with van der Waals surface area (Å²) in [6, 6.07) is 9.33. The number of amides is 2. The molecule has 2 amide bonds. The standard InChI is InChI=1S/C19H16N2O2/c20-9-11-3-1-2-4-12(11)10-21-17(22)15-13-5-6-14(16(15)18(21)23)19(13)7-8-19/h1-6,13-16H,7-8,10H2/t13-,14-,15-,16-/m1/s1. The molecular weight excluding hydrogens is 288 g/mol. The number of carbonyl (C=O) groups excluding carboxylic acids is 2. The van der Waals surface area contributed by atoms with Gasteiger partial charge in [-0.2, -0.15) is 5.26 Å². The van der Waals surface area contributed by atoms with Gasteiger partial charge in [-0.15, -0.1) is 0 Å². The summed E-state index contributed by atoms with van der Waals surface area (Å²) in [7, 11) is 0. The predicted octanol–water partition coefficient (Wildman–Crippen LogP) is 2.26. The molecule has 4 nitrogen and oxygen atoms in total. The lowest BCUT2D eigenvalue weighted by molar-refractivity contribution is -0.141. The lowest BCUT2D eigenvalue weighted by Gasteiger charge is -2.22. The molecule has 3 aliphatic carbocycles. The van der Waals surface area contributed by atoms with Crippen molar-refractivity contribution in [2.45, 2.75) is 19.4 Å². The highest BCUT2D eigenvalue weighted by atomic mass is 16.2. The van der Waals surface area contributed by atoms with Gasteiger partial charge in [0.25, 0.3) is 0 Å². The van der Waals surface area contributed by atoms with Crippen molar-refractivity contribution in [1.29, 1.82) is 5.26 Å². The Balaban J connectivity index is 1.48. The van der Waals surface area contributed by atoms with Gasteiger partial charge in [-0.3, -0.25) is 14.5 Å². The molecule has 3 fully saturated rings. The van der Waals surface area contributed by atoms with E-state index in [0.717, 1.165) is 18.4 Å². The number of nitrogens with zero attached hydrogens (tertiary/aromatic N) is 2. The van der Waals surface area contributed by atoms with Gasteiger partial charge < -0.3 is 0 Å². The van der Waals surface area contributed by atoms with Crippen molar-refractivity contribution in [2.75, 3.05) is 0 Å². The highest BCUT2D eigenvalue weighted by molar-refractivity contribution is 6.06. The second kappa shape index (κ2) is 4.11. The average Bonchev–Trinajstić information content (AvgIpc) is 3.18. The van der Waals surface area contributed by atoms with E-state index in [1.165, 1.54) is 4.90 Å². The zero-order valence-electron chi connectivity index (χ0n) is 12.6. The Morgan fingerprint density at radius 1 is 1.09 bits per heavy atom. The predicted molar refractivity (Wildman–Crippen MR) is 81.5 cm³/mol. The van der Waals surface area contributed by atoms with Gasteiger partial charge in [0, 0.05) is 0 Å². The summed E-state index contributed by atoms with van der Waals surface area (Å²) in [5.74, 6) is 0.130. The van der Waals surface area contributed by atoms with E-state index in [4.69, 9.17) is 0 Å². The number of benzene rings is 1. The number of rotatable bonds is 2. The van der Waals surface area contributed by atoms with Crippen molar-refractivity contribution in [3.05, 3.63) is 47.5 Å². The smallest absolute Gasteiger partial charge is 0.234 e. The van der Waals surface area contributed by atoms with Gasteiger partial charge >= 0.3 is 0 Å². The van der Waals surface area contributed by atoms with E-state index in [0.29, 0.717) is 5.56 Å². The first kappa shape index (κ1) is 13.1. The topological polar surface area (TPSA) is 61.2 Å². The Kier molecular flexibility index (Phi) is 2.33. The van der Waals surface area contributed by atoms with E-state index in [1.807, 2.05) is 12.1 Å². The van der Waals surface area contributed by atoms with Crippen LogP contribution in [0.15, 0.2) is 36.4 Å².